The molecule has 0 saturated carbocycles. The van der Waals surface area contributed by atoms with Gasteiger partial charge in [-0.1, -0.05) is 18.2 Å². The van der Waals surface area contributed by atoms with Gasteiger partial charge in [0.15, 0.2) is 0 Å². The van der Waals surface area contributed by atoms with Gasteiger partial charge in [0.25, 0.3) is 0 Å². The first kappa shape index (κ1) is 11.2. The van der Waals surface area contributed by atoms with E-state index in [1.807, 2.05) is 6.07 Å². The number of hydrogen-bond acceptors (Lipinski definition) is 3. The summed E-state index contributed by atoms with van der Waals surface area (Å²) in [5.41, 5.74) is -0.602. The summed E-state index contributed by atoms with van der Waals surface area (Å²) < 4.78 is 17.3. The van der Waals surface area contributed by atoms with Crippen LogP contribution in [0.2, 0.25) is 0 Å². The molecule has 0 heterocycles. The van der Waals surface area contributed by atoms with Gasteiger partial charge in [-0.05, 0) is 19.1 Å². The van der Waals surface area contributed by atoms with Crippen LogP contribution in [-0.4, -0.2) is 19.1 Å². The lowest BCUT2D eigenvalue weighted by atomic mass is 10.4. The van der Waals surface area contributed by atoms with E-state index in [9.17, 15) is 9.36 Å². The molecule has 1 rings (SSSR count). The zero-order valence-corrected chi connectivity index (χ0v) is 9.11. The number of aldehydes is 1. The van der Waals surface area contributed by atoms with Crippen molar-refractivity contribution in [3.63, 3.8) is 0 Å². The molecule has 0 amide bonds. The Morgan fingerprint density at radius 1 is 1.36 bits per heavy atom. The third kappa shape index (κ3) is 1.94. The van der Waals surface area contributed by atoms with Crippen molar-refractivity contribution in [2.75, 3.05) is 7.11 Å². The molecule has 2 unspecified atom stereocenters. The molecule has 0 spiro atoms. The highest BCUT2D eigenvalue weighted by molar-refractivity contribution is 7.68. The Morgan fingerprint density at radius 2 is 1.93 bits per heavy atom. The number of rotatable bonds is 4. The van der Waals surface area contributed by atoms with E-state index in [0.717, 1.165) is 0 Å². The van der Waals surface area contributed by atoms with Gasteiger partial charge in [0.1, 0.15) is 6.29 Å². The highest BCUT2D eigenvalue weighted by Crippen LogP contribution is 2.48. The largest absolute Gasteiger partial charge is 0.328 e. The third-order valence-electron chi connectivity index (χ3n) is 2.12. The Bertz CT molecular complexity index is 348. The van der Waals surface area contributed by atoms with Gasteiger partial charge >= 0.3 is 0 Å². The molecule has 0 aliphatic heterocycles. The van der Waals surface area contributed by atoms with Crippen LogP contribution in [0.4, 0.5) is 0 Å². The van der Waals surface area contributed by atoms with E-state index in [2.05, 4.69) is 0 Å². The van der Waals surface area contributed by atoms with E-state index >= 15 is 0 Å². The normalized spacial score (nSPS) is 17.0. The molecule has 4 heteroatoms. The second kappa shape index (κ2) is 4.54. The van der Waals surface area contributed by atoms with Crippen molar-refractivity contribution in [3.05, 3.63) is 30.3 Å². The molecule has 0 N–H and O–H groups in total. The van der Waals surface area contributed by atoms with Gasteiger partial charge in [-0.25, -0.2) is 0 Å². The van der Waals surface area contributed by atoms with Crippen LogP contribution in [0.1, 0.15) is 6.92 Å². The zero-order valence-electron chi connectivity index (χ0n) is 8.21. The van der Waals surface area contributed by atoms with E-state index in [1.54, 1.807) is 31.2 Å². The fourth-order valence-electron chi connectivity index (χ4n) is 1.22. The minimum atomic E-state index is -3.01. The van der Waals surface area contributed by atoms with Crippen molar-refractivity contribution in [3.8, 4) is 0 Å². The molecule has 0 saturated heterocycles. The van der Waals surface area contributed by atoms with Crippen molar-refractivity contribution < 1.29 is 13.9 Å². The molecule has 0 fully saturated rings. The van der Waals surface area contributed by atoms with Crippen molar-refractivity contribution >= 4 is 19.0 Å². The van der Waals surface area contributed by atoms with Gasteiger partial charge in [0.05, 0.1) is 5.66 Å². The maximum Gasteiger partial charge on any atom is 0.241 e. The molecule has 76 valence electrons. The lowest BCUT2D eigenvalue weighted by Gasteiger charge is -2.18. The number of carbonyl (C=O) groups is 1. The van der Waals surface area contributed by atoms with Crippen LogP contribution in [0.3, 0.4) is 0 Å². The maximum absolute atomic E-state index is 12.3. The van der Waals surface area contributed by atoms with E-state index in [0.29, 0.717) is 11.6 Å². The molecule has 0 aliphatic rings. The second-order valence-corrected chi connectivity index (χ2v) is 5.88. The number of hydrogen-bond donors (Lipinski definition) is 0. The first-order valence-corrected chi connectivity index (χ1v) is 6.01. The van der Waals surface area contributed by atoms with Gasteiger partial charge in [-0.3, -0.25) is 4.57 Å². The summed E-state index contributed by atoms with van der Waals surface area (Å²) in [5.74, 6) is 0. The molecule has 14 heavy (non-hydrogen) atoms. The molecule has 1 aromatic carbocycles. The molecular formula is C10H13O3P. The molecule has 1 aromatic rings. The van der Waals surface area contributed by atoms with Crippen LogP contribution in [-0.2, 0) is 13.9 Å². The fourth-order valence-corrected chi connectivity index (χ4v) is 2.98. The Kier molecular flexibility index (Phi) is 3.62. The Hall–Kier alpha value is -0.920. The smallest absolute Gasteiger partial charge is 0.241 e. The molecule has 0 bridgehead atoms. The third-order valence-corrected chi connectivity index (χ3v) is 4.87. The molecular weight excluding hydrogens is 199 g/mol. The standard InChI is InChI=1S/C10H13O3P/c1-9(8-11)14(12,13-2)10-6-4-3-5-7-10/h3-9H,1-2H3. The number of carbonyl (C=O) groups excluding carboxylic acids is 1. The second-order valence-electron chi connectivity index (χ2n) is 2.99. The van der Waals surface area contributed by atoms with E-state index in [-0.39, 0.29) is 0 Å². The first-order valence-electron chi connectivity index (χ1n) is 4.31. The summed E-state index contributed by atoms with van der Waals surface area (Å²) in [6.45, 7) is 1.60. The van der Waals surface area contributed by atoms with Crippen LogP contribution in [0.25, 0.3) is 0 Å². The molecule has 0 radical (unpaired) electrons. The SMILES string of the molecule is COP(=O)(c1ccccc1)C(C)C=O. The van der Waals surface area contributed by atoms with Crippen LogP contribution in [0.5, 0.6) is 0 Å². The monoisotopic (exact) mass is 212 g/mol. The Morgan fingerprint density at radius 3 is 2.36 bits per heavy atom. The Balaban J connectivity index is 3.15. The van der Waals surface area contributed by atoms with Crippen molar-refractivity contribution in [1.29, 1.82) is 0 Å². The zero-order chi connectivity index (χ0) is 10.6. The van der Waals surface area contributed by atoms with Gasteiger partial charge in [0, 0.05) is 12.4 Å². The molecule has 0 aliphatic carbocycles. The van der Waals surface area contributed by atoms with Gasteiger partial charge in [-0.15, -0.1) is 0 Å². The quantitative estimate of drug-likeness (QED) is 0.564. The van der Waals surface area contributed by atoms with Gasteiger partial charge in [0.2, 0.25) is 7.37 Å². The lowest BCUT2D eigenvalue weighted by molar-refractivity contribution is -0.107. The summed E-state index contributed by atoms with van der Waals surface area (Å²) in [6, 6.07) is 8.81. The summed E-state index contributed by atoms with van der Waals surface area (Å²) >= 11 is 0. The van der Waals surface area contributed by atoms with Crippen LogP contribution >= 0.6 is 7.37 Å². The lowest BCUT2D eigenvalue weighted by Crippen LogP contribution is -2.17. The van der Waals surface area contributed by atoms with Gasteiger partial charge < -0.3 is 9.32 Å². The van der Waals surface area contributed by atoms with Crippen LogP contribution in [0, 0.1) is 0 Å². The summed E-state index contributed by atoms with van der Waals surface area (Å²) in [7, 11) is -1.64. The van der Waals surface area contributed by atoms with E-state index < -0.39 is 13.0 Å². The summed E-state index contributed by atoms with van der Waals surface area (Å²) in [4.78, 5) is 10.6. The minimum Gasteiger partial charge on any atom is -0.328 e. The average molecular weight is 212 g/mol. The molecule has 0 aromatic heterocycles. The fraction of sp³-hybridized carbons (Fsp3) is 0.300. The minimum absolute atomic E-state index is 0.585. The van der Waals surface area contributed by atoms with Crippen molar-refractivity contribution in [2.24, 2.45) is 0 Å². The first-order chi connectivity index (χ1) is 6.65. The average Bonchev–Trinajstić information content (AvgIpc) is 2.28. The van der Waals surface area contributed by atoms with Crippen LogP contribution < -0.4 is 5.30 Å². The highest BCUT2D eigenvalue weighted by atomic mass is 31.2. The van der Waals surface area contributed by atoms with Gasteiger partial charge in [-0.2, -0.15) is 0 Å². The highest BCUT2D eigenvalue weighted by Gasteiger charge is 2.31. The molecule has 2 atom stereocenters. The summed E-state index contributed by atoms with van der Waals surface area (Å²) in [5, 5.41) is 0.585. The molecule has 3 nitrogen and oxygen atoms in total. The predicted octanol–water partition coefficient (Wildman–Crippen LogP) is 1.82. The number of benzene rings is 1. The summed E-state index contributed by atoms with van der Waals surface area (Å²) in [6.07, 6.45) is 0.664. The maximum atomic E-state index is 12.3. The van der Waals surface area contributed by atoms with E-state index in [1.165, 1.54) is 7.11 Å². The van der Waals surface area contributed by atoms with Crippen LogP contribution in [0.15, 0.2) is 30.3 Å². The van der Waals surface area contributed by atoms with Crippen molar-refractivity contribution in [2.45, 2.75) is 12.6 Å². The topological polar surface area (TPSA) is 43.4 Å². The van der Waals surface area contributed by atoms with E-state index in [4.69, 9.17) is 4.52 Å². The predicted molar refractivity (Wildman–Crippen MR) is 56.2 cm³/mol. The van der Waals surface area contributed by atoms with Crippen molar-refractivity contribution in [1.82, 2.24) is 0 Å². The Labute approximate surface area is 83.5 Å².